The fourth-order valence-corrected chi connectivity index (χ4v) is 2.03. The van der Waals surface area contributed by atoms with E-state index in [0.717, 1.165) is 16.9 Å². The lowest BCUT2D eigenvalue weighted by Gasteiger charge is -2.08. The molecule has 1 atom stereocenters. The molecule has 2 aromatic rings. The van der Waals surface area contributed by atoms with Crippen LogP contribution in [0.2, 0.25) is 0 Å². The summed E-state index contributed by atoms with van der Waals surface area (Å²) in [4.78, 5) is 16.2. The van der Waals surface area contributed by atoms with E-state index in [1.165, 1.54) is 0 Å². The fourth-order valence-electron chi connectivity index (χ4n) is 2.03. The minimum absolute atomic E-state index is 0.0940. The fraction of sp³-hybridized carbons (Fsp3) is 0.429. The highest BCUT2D eigenvalue weighted by Crippen LogP contribution is 2.22. The molecule has 19 heavy (non-hydrogen) atoms. The molecule has 0 N–H and O–H groups in total. The van der Waals surface area contributed by atoms with Crippen LogP contribution in [0.15, 0.2) is 18.2 Å². The first kappa shape index (κ1) is 13.5. The summed E-state index contributed by atoms with van der Waals surface area (Å²) in [6, 6.07) is 5.38. The van der Waals surface area contributed by atoms with Crippen LogP contribution in [0.3, 0.4) is 0 Å². The number of aromatic nitrogens is 2. The molecule has 1 aromatic carbocycles. The van der Waals surface area contributed by atoms with Gasteiger partial charge in [-0.15, -0.1) is 0 Å². The molecule has 1 aromatic heterocycles. The van der Waals surface area contributed by atoms with Crippen LogP contribution in [0, 0.1) is 0 Å². The minimum atomic E-state index is -0.323. The van der Waals surface area contributed by atoms with Gasteiger partial charge in [-0.1, -0.05) is 0 Å². The predicted octanol–water partition coefficient (Wildman–Crippen LogP) is 2.46. The molecule has 0 bridgehead atoms. The lowest BCUT2D eigenvalue weighted by atomic mass is 10.2. The molecule has 0 aliphatic heterocycles. The number of fused-ring (bicyclic) bond motifs is 1. The van der Waals surface area contributed by atoms with Crippen molar-refractivity contribution in [3.63, 3.8) is 0 Å². The van der Waals surface area contributed by atoms with Crippen molar-refractivity contribution in [3.8, 4) is 0 Å². The Labute approximate surface area is 112 Å². The van der Waals surface area contributed by atoms with Gasteiger partial charge in [0.1, 0.15) is 11.9 Å². The highest BCUT2D eigenvalue weighted by Gasteiger charge is 2.15. The molecule has 0 saturated heterocycles. The number of carbonyl (C=O) groups excluding carboxylic acids is 1. The third-order valence-corrected chi connectivity index (χ3v) is 3.14. The molecule has 1 unspecified atom stereocenters. The van der Waals surface area contributed by atoms with Gasteiger partial charge in [-0.05, 0) is 32.0 Å². The molecule has 0 spiro atoms. The molecule has 0 saturated carbocycles. The zero-order chi connectivity index (χ0) is 14.0. The maximum absolute atomic E-state index is 11.7. The molecule has 0 amide bonds. The monoisotopic (exact) mass is 262 g/mol. The molecule has 1 heterocycles. The van der Waals surface area contributed by atoms with E-state index >= 15 is 0 Å². The highest BCUT2D eigenvalue weighted by atomic mass is 16.5. The number of rotatable bonds is 4. The Kier molecular flexibility index (Phi) is 3.85. The molecule has 2 rings (SSSR count). The van der Waals surface area contributed by atoms with Gasteiger partial charge >= 0.3 is 5.97 Å². The van der Waals surface area contributed by atoms with Crippen molar-refractivity contribution in [2.45, 2.75) is 20.0 Å². The van der Waals surface area contributed by atoms with E-state index in [0.29, 0.717) is 12.2 Å². The molecule has 0 aliphatic rings. The van der Waals surface area contributed by atoms with Crippen LogP contribution in [0.25, 0.3) is 11.0 Å². The lowest BCUT2D eigenvalue weighted by Crippen LogP contribution is -2.04. The zero-order valence-corrected chi connectivity index (χ0v) is 11.6. The zero-order valence-electron chi connectivity index (χ0n) is 11.6. The van der Waals surface area contributed by atoms with Gasteiger partial charge in [0.05, 0.1) is 23.2 Å². The normalized spacial score (nSPS) is 12.6. The summed E-state index contributed by atoms with van der Waals surface area (Å²) < 4.78 is 12.2. The topological polar surface area (TPSA) is 53.4 Å². The first-order valence-corrected chi connectivity index (χ1v) is 6.24. The van der Waals surface area contributed by atoms with Gasteiger partial charge < -0.3 is 14.0 Å². The Balaban J connectivity index is 2.46. The summed E-state index contributed by atoms with van der Waals surface area (Å²) in [6.07, 6.45) is -0.0940. The Morgan fingerprint density at radius 1 is 1.47 bits per heavy atom. The van der Waals surface area contributed by atoms with Crippen LogP contribution in [-0.2, 0) is 16.5 Å². The van der Waals surface area contributed by atoms with E-state index < -0.39 is 0 Å². The van der Waals surface area contributed by atoms with Crippen molar-refractivity contribution in [3.05, 3.63) is 29.6 Å². The number of aryl methyl sites for hydroxylation is 1. The first-order chi connectivity index (χ1) is 9.08. The first-order valence-electron chi connectivity index (χ1n) is 6.24. The minimum Gasteiger partial charge on any atom is -0.462 e. The van der Waals surface area contributed by atoms with Crippen molar-refractivity contribution < 1.29 is 14.3 Å². The van der Waals surface area contributed by atoms with E-state index in [2.05, 4.69) is 4.98 Å². The van der Waals surface area contributed by atoms with Crippen molar-refractivity contribution in [1.29, 1.82) is 0 Å². The molecular weight excluding hydrogens is 244 g/mol. The highest BCUT2D eigenvalue weighted by molar-refractivity contribution is 5.93. The number of hydrogen-bond acceptors (Lipinski definition) is 4. The standard InChI is InChI=1S/C14H18N2O3/c1-5-19-14(17)10-6-7-12-11(8-10)15-13(16(12)3)9(2)18-4/h6-9H,5H2,1-4H3. The summed E-state index contributed by atoms with van der Waals surface area (Å²) in [6.45, 7) is 4.09. The van der Waals surface area contributed by atoms with Crippen LogP contribution in [-0.4, -0.2) is 29.2 Å². The average Bonchev–Trinajstić information content (AvgIpc) is 2.75. The van der Waals surface area contributed by atoms with Crippen LogP contribution in [0.4, 0.5) is 0 Å². The van der Waals surface area contributed by atoms with Gasteiger partial charge in [0.15, 0.2) is 0 Å². The quantitative estimate of drug-likeness (QED) is 0.794. The van der Waals surface area contributed by atoms with Crippen LogP contribution in [0.5, 0.6) is 0 Å². The van der Waals surface area contributed by atoms with Gasteiger partial charge in [0.25, 0.3) is 0 Å². The Hall–Kier alpha value is -1.88. The van der Waals surface area contributed by atoms with E-state index in [1.807, 2.05) is 24.6 Å². The maximum Gasteiger partial charge on any atom is 0.338 e. The maximum atomic E-state index is 11.7. The SMILES string of the molecule is CCOC(=O)c1ccc2c(c1)nc(C(C)OC)n2C. The summed E-state index contributed by atoms with van der Waals surface area (Å²) in [7, 11) is 3.58. The van der Waals surface area contributed by atoms with E-state index in [-0.39, 0.29) is 12.1 Å². The van der Waals surface area contributed by atoms with Crippen molar-refractivity contribution >= 4 is 17.0 Å². The number of carbonyl (C=O) groups is 1. The number of esters is 1. The largest absolute Gasteiger partial charge is 0.462 e. The third kappa shape index (κ3) is 2.46. The second-order valence-electron chi connectivity index (χ2n) is 4.33. The third-order valence-electron chi connectivity index (χ3n) is 3.14. The second-order valence-corrected chi connectivity index (χ2v) is 4.33. The smallest absolute Gasteiger partial charge is 0.338 e. The van der Waals surface area contributed by atoms with Crippen LogP contribution >= 0.6 is 0 Å². The Morgan fingerprint density at radius 2 is 2.21 bits per heavy atom. The van der Waals surface area contributed by atoms with Gasteiger partial charge in [0, 0.05) is 14.2 Å². The molecule has 5 heteroatoms. The number of hydrogen-bond donors (Lipinski definition) is 0. The van der Waals surface area contributed by atoms with Gasteiger partial charge in [0.2, 0.25) is 0 Å². The van der Waals surface area contributed by atoms with E-state index in [9.17, 15) is 4.79 Å². The average molecular weight is 262 g/mol. The summed E-state index contributed by atoms with van der Waals surface area (Å²) in [5.41, 5.74) is 2.25. The van der Waals surface area contributed by atoms with Gasteiger partial charge in [-0.25, -0.2) is 9.78 Å². The molecule has 0 aliphatic carbocycles. The number of benzene rings is 1. The molecule has 0 radical (unpaired) electrons. The van der Waals surface area contributed by atoms with Gasteiger partial charge in [-0.2, -0.15) is 0 Å². The van der Waals surface area contributed by atoms with E-state index in [1.54, 1.807) is 26.2 Å². The predicted molar refractivity (Wildman–Crippen MR) is 72.1 cm³/mol. The number of imidazole rings is 1. The summed E-state index contributed by atoms with van der Waals surface area (Å²) in [5, 5.41) is 0. The van der Waals surface area contributed by atoms with Crippen LogP contribution < -0.4 is 0 Å². The molecule has 5 nitrogen and oxygen atoms in total. The Morgan fingerprint density at radius 3 is 2.84 bits per heavy atom. The summed E-state index contributed by atoms with van der Waals surface area (Å²) in [5.74, 6) is 0.509. The van der Waals surface area contributed by atoms with Crippen molar-refractivity contribution in [2.75, 3.05) is 13.7 Å². The number of nitrogens with zero attached hydrogens (tertiary/aromatic N) is 2. The van der Waals surface area contributed by atoms with E-state index in [4.69, 9.17) is 9.47 Å². The molecule has 102 valence electrons. The number of methoxy groups -OCH3 is 1. The lowest BCUT2D eigenvalue weighted by molar-refractivity contribution is 0.0526. The summed E-state index contributed by atoms with van der Waals surface area (Å²) >= 11 is 0. The molecular formula is C14H18N2O3. The van der Waals surface area contributed by atoms with Crippen LogP contribution in [0.1, 0.15) is 36.1 Å². The van der Waals surface area contributed by atoms with Gasteiger partial charge in [-0.3, -0.25) is 0 Å². The van der Waals surface area contributed by atoms with Crippen molar-refractivity contribution in [1.82, 2.24) is 9.55 Å². The molecule has 0 fully saturated rings. The number of ether oxygens (including phenoxy) is 2. The second kappa shape index (κ2) is 5.40. The van der Waals surface area contributed by atoms with Crippen molar-refractivity contribution in [2.24, 2.45) is 7.05 Å². The Bertz CT molecular complexity index is 604.